The number of nitrogens with zero attached hydrogens (tertiary/aromatic N) is 2. The largest absolute Gasteiger partial charge is 0.333 e. The second-order valence-corrected chi connectivity index (χ2v) is 6.32. The van der Waals surface area contributed by atoms with Crippen LogP contribution in [0.3, 0.4) is 0 Å². The van der Waals surface area contributed by atoms with Crippen LogP contribution >= 0.6 is 0 Å². The zero-order valence-corrected chi connectivity index (χ0v) is 13.9. The molecule has 1 amide bonds. The molecule has 1 aliphatic heterocycles. The van der Waals surface area contributed by atoms with Gasteiger partial charge in [-0.1, -0.05) is 13.0 Å². The molecule has 5 heteroatoms. The monoisotopic (exact) mass is 313 g/mol. The van der Waals surface area contributed by atoms with Crippen molar-refractivity contribution in [3.05, 3.63) is 45.7 Å². The predicted octanol–water partition coefficient (Wildman–Crippen LogP) is 2.00. The van der Waals surface area contributed by atoms with E-state index in [-0.39, 0.29) is 17.5 Å². The van der Waals surface area contributed by atoms with Crippen molar-refractivity contribution in [3.63, 3.8) is 0 Å². The van der Waals surface area contributed by atoms with E-state index in [4.69, 9.17) is 0 Å². The molecule has 1 unspecified atom stereocenters. The van der Waals surface area contributed by atoms with Gasteiger partial charge in [0.1, 0.15) is 0 Å². The Morgan fingerprint density at radius 3 is 2.78 bits per heavy atom. The summed E-state index contributed by atoms with van der Waals surface area (Å²) in [6.45, 7) is 9.73. The van der Waals surface area contributed by atoms with Crippen molar-refractivity contribution >= 4 is 16.8 Å². The second kappa shape index (κ2) is 6.16. The second-order valence-electron chi connectivity index (χ2n) is 6.32. The van der Waals surface area contributed by atoms with Crippen LogP contribution in [0.25, 0.3) is 10.9 Å². The van der Waals surface area contributed by atoms with E-state index in [9.17, 15) is 9.59 Å². The first kappa shape index (κ1) is 15.7. The highest BCUT2D eigenvalue weighted by Gasteiger charge is 2.27. The number of aromatic nitrogens is 1. The van der Waals surface area contributed by atoms with Gasteiger partial charge in [-0.2, -0.15) is 0 Å². The maximum absolute atomic E-state index is 12.8. The van der Waals surface area contributed by atoms with Crippen LogP contribution in [-0.2, 0) is 0 Å². The Hall–Kier alpha value is -2.14. The molecule has 1 aromatic carbocycles. The van der Waals surface area contributed by atoms with E-state index in [1.807, 2.05) is 24.0 Å². The van der Waals surface area contributed by atoms with Crippen LogP contribution in [0.2, 0.25) is 0 Å². The summed E-state index contributed by atoms with van der Waals surface area (Å²) in [4.78, 5) is 31.6. The first-order valence-electron chi connectivity index (χ1n) is 8.16. The number of benzene rings is 1. The number of fused-ring (bicyclic) bond motifs is 1. The summed E-state index contributed by atoms with van der Waals surface area (Å²) in [5.74, 6) is 0.0394. The lowest BCUT2D eigenvalue weighted by atomic mass is 10.1. The molecule has 0 spiro atoms. The standard InChI is InChI=1S/C18H23N3O2/c1-4-20-7-8-21(13(3)11-20)18(23)14-5-6-15-12(2)9-17(22)19-16(15)10-14/h5-6,9-10,13H,4,7-8,11H2,1-3H3,(H,19,22). The number of aryl methyl sites for hydroxylation is 1. The van der Waals surface area contributed by atoms with Crippen LogP contribution < -0.4 is 5.56 Å². The van der Waals surface area contributed by atoms with Crippen molar-refractivity contribution in [2.45, 2.75) is 26.8 Å². The SMILES string of the molecule is CCN1CCN(C(=O)c2ccc3c(C)cc(=O)[nH]c3c2)C(C)C1. The van der Waals surface area contributed by atoms with E-state index in [2.05, 4.69) is 23.7 Å². The van der Waals surface area contributed by atoms with Gasteiger partial charge in [0.2, 0.25) is 5.56 Å². The summed E-state index contributed by atoms with van der Waals surface area (Å²) in [7, 11) is 0. The number of carbonyl (C=O) groups excluding carboxylic acids is 1. The van der Waals surface area contributed by atoms with Crippen LogP contribution in [0.15, 0.2) is 29.1 Å². The van der Waals surface area contributed by atoms with Crippen molar-refractivity contribution in [1.82, 2.24) is 14.8 Å². The van der Waals surface area contributed by atoms with E-state index in [0.717, 1.165) is 42.6 Å². The zero-order chi connectivity index (χ0) is 16.6. The van der Waals surface area contributed by atoms with E-state index in [0.29, 0.717) is 5.56 Å². The molecule has 1 fully saturated rings. The average Bonchev–Trinajstić information content (AvgIpc) is 2.53. The minimum absolute atomic E-state index is 0.0394. The Balaban J connectivity index is 1.91. The first-order chi connectivity index (χ1) is 11.0. The van der Waals surface area contributed by atoms with E-state index < -0.39 is 0 Å². The minimum Gasteiger partial charge on any atom is -0.333 e. The summed E-state index contributed by atoms with van der Waals surface area (Å²) in [6.07, 6.45) is 0. The van der Waals surface area contributed by atoms with Crippen LogP contribution in [0, 0.1) is 6.92 Å². The number of H-pyrrole nitrogens is 1. The molecule has 0 bridgehead atoms. The van der Waals surface area contributed by atoms with E-state index in [1.165, 1.54) is 0 Å². The number of likely N-dealkylation sites (N-methyl/N-ethyl adjacent to an activating group) is 1. The quantitative estimate of drug-likeness (QED) is 0.922. The third-order valence-electron chi connectivity index (χ3n) is 4.72. The lowest BCUT2D eigenvalue weighted by molar-refractivity contribution is 0.0500. The Labute approximate surface area is 135 Å². The molecule has 122 valence electrons. The van der Waals surface area contributed by atoms with Gasteiger partial charge < -0.3 is 9.88 Å². The summed E-state index contributed by atoms with van der Waals surface area (Å²) >= 11 is 0. The minimum atomic E-state index is -0.135. The smallest absolute Gasteiger partial charge is 0.254 e. The molecule has 2 aromatic rings. The van der Waals surface area contributed by atoms with Gasteiger partial charge in [-0.05, 0) is 38.1 Å². The lowest BCUT2D eigenvalue weighted by Crippen LogP contribution is -2.53. The molecule has 0 aliphatic carbocycles. The van der Waals surface area contributed by atoms with Gasteiger partial charge in [0.25, 0.3) is 5.91 Å². The number of nitrogens with one attached hydrogen (secondary N) is 1. The van der Waals surface area contributed by atoms with Gasteiger partial charge in [0.05, 0.1) is 0 Å². The molecule has 0 saturated carbocycles. The predicted molar refractivity (Wildman–Crippen MR) is 91.9 cm³/mol. The lowest BCUT2D eigenvalue weighted by Gasteiger charge is -2.39. The molecule has 3 rings (SSSR count). The molecule has 1 aliphatic rings. The molecule has 5 nitrogen and oxygen atoms in total. The third kappa shape index (κ3) is 3.01. The highest BCUT2D eigenvalue weighted by atomic mass is 16.2. The number of hydrogen-bond donors (Lipinski definition) is 1. The fourth-order valence-corrected chi connectivity index (χ4v) is 3.36. The maximum Gasteiger partial charge on any atom is 0.254 e. The van der Waals surface area contributed by atoms with Crippen molar-refractivity contribution in [2.24, 2.45) is 0 Å². The molecule has 0 radical (unpaired) electrons. The molecular formula is C18H23N3O2. The number of amides is 1. The van der Waals surface area contributed by atoms with Crippen LogP contribution in [0.1, 0.15) is 29.8 Å². The average molecular weight is 313 g/mol. The normalized spacial score (nSPS) is 19.3. The van der Waals surface area contributed by atoms with Gasteiger partial charge in [-0.15, -0.1) is 0 Å². The summed E-state index contributed by atoms with van der Waals surface area (Å²) < 4.78 is 0. The topological polar surface area (TPSA) is 56.4 Å². The molecular weight excluding hydrogens is 290 g/mol. The summed E-state index contributed by atoms with van der Waals surface area (Å²) in [5, 5.41) is 0.977. The number of pyridine rings is 1. The number of piperazine rings is 1. The van der Waals surface area contributed by atoms with E-state index in [1.54, 1.807) is 12.1 Å². The summed E-state index contributed by atoms with van der Waals surface area (Å²) in [6, 6.07) is 7.35. The fraction of sp³-hybridized carbons (Fsp3) is 0.444. The Morgan fingerprint density at radius 1 is 1.30 bits per heavy atom. The van der Waals surface area contributed by atoms with Crippen LogP contribution in [-0.4, -0.2) is 52.9 Å². The molecule has 1 atom stereocenters. The van der Waals surface area contributed by atoms with Crippen LogP contribution in [0.4, 0.5) is 0 Å². The molecule has 2 heterocycles. The van der Waals surface area contributed by atoms with Gasteiger partial charge in [0.15, 0.2) is 0 Å². The number of hydrogen-bond acceptors (Lipinski definition) is 3. The number of carbonyl (C=O) groups is 1. The Morgan fingerprint density at radius 2 is 2.09 bits per heavy atom. The van der Waals surface area contributed by atoms with Gasteiger partial charge in [-0.3, -0.25) is 14.5 Å². The van der Waals surface area contributed by atoms with Gasteiger partial charge in [-0.25, -0.2) is 0 Å². The van der Waals surface area contributed by atoms with Gasteiger partial charge >= 0.3 is 0 Å². The zero-order valence-electron chi connectivity index (χ0n) is 13.9. The third-order valence-corrected chi connectivity index (χ3v) is 4.72. The maximum atomic E-state index is 12.8. The number of aromatic amines is 1. The van der Waals surface area contributed by atoms with E-state index >= 15 is 0 Å². The van der Waals surface area contributed by atoms with Crippen molar-refractivity contribution in [1.29, 1.82) is 0 Å². The van der Waals surface area contributed by atoms with Crippen LogP contribution in [0.5, 0.6) is 0 Å². The fourth-order valence-electron chi connectivity index (χ4n) is 3.36. The molecule has 1 saturated heterocycles. The first-order valence-corrected chi connectivity index (χ1v) is 8.16. The molecule has 1 aromatic heterocycles. The highest BCUT2D eigenvalue weighted by Crippen LogP contribution is 2.19. The van der Waals surface area contributed by atoms with Crippen molar-refractivity contribution < 1.29 is 4.79 Å². The highest BCUT2D eigenvalue weighted by molar-refractivity contribution is 5.98. The summed E-state index contributed by atoms with van der Waals surface area (Å²) in [5.41, 5.74) is 2.15. The Bertz CT molecular complexity index is 796. The van der Waals surface area contributed by atoms with Gasteiger partial charge in [0, 0.05) is 48.2 Å². The molecule has 1 N–H and O–H groups in total. The number of rotatable bonds is 2. The Kier molecular flexibility index (Phi) is 4.22. The van der Waals surface area contributed by atoms with Crippen molar-refractivity contribution in [3.8, 4) is 0 Å². The van der Waals surface area contributed by atoms with Crippen molar-refractivity contribution in [2.75, 3.05) is 26.2 Å². The molecule has 23 heavy (non-hydrogen) atoms.